The van der Waals surface area contributed by atoms with Crippen molar-refractivity contribution in [1.82, 2.24) is 29.4 Å². The average Bonchev–Trinajstić information content (AvgIpc) is 2.96. The van der Waals surface area contributed by atoms with Crippen LogP contribution in [0, 0.1) is 49.4 Å². The Labute approximate surface area is 315 Å². The fourth-order valence-electron chi connectivity index (χ4n) is 4.86. The van der Waals surface area contributed by atoms with E-state index in [1.807, 2.05) is 14.7 Å². The van der Waals surface area contributed by atoms with Crippen molar-refractivity contribution in [1.29, 1.82) is 0 Å². The average molecular weight is 864 g/mol. The Balaban J connectivity index is 0.000000653. The van der Waals surface area contributed by atoms with Crippen LogP contribution in [-0.2, 0) is 30.4 Å². The molecule has 274 valence electrons. The molecular formula is C24H51EuN6O12S3. The van der Waals surface area contributed by atoms with Crippen LogP contribution < -0.4 is 0 Å². The van der Waals surface area contributed by atoms with Crippen molar-refractivity contribution in [3.05, 3.63) is 0 Å². The molecule has 3 fully saturated rings. The number of nitrogens with zero attached hydrogens (tertiary/aromatic N) is 6. The first-order chi connectivity index (χ1) is 21.0. The van der Waals surface area contributed by atoms with Gasteiger partial charge < -0.3 is 29.0 Å². The zero-order chi connectivity index (χ0) is 33.9. The van der Waals surface area contributed by atoms with Crippen LogP contribution in [0.4, 0.5) is 0 Å². The van der Waals surface area contributed by atoms with Gasteiger partial charge in [0.05, 0.1) is 67.4 Å². The van der Waals surface area contributed by atoms with Gasteiger partial charge in [0.1, 0.15) is 0 Å². The van der Waals surface area contributed by atoms with Crippen LogP contribution in [-0.4, -0.2) is 239 Å². The number of hydrogen-bond acceptors (Lipinski definition) is 18. The molecule has 3 heterocycles. The molecule has 0 amide bonds. The number of aliphatic hydroxyl groups excluding tert-OH is 3. The van der Waals surface area contributed by atoms with Crippen molar-refractivity contribution >= 4 is 30.4 Å². The number of piperazine rings is 3. The van der Waals surface area contributed by atoms with Crippen LogP contribution in [0.15, 0.2) is 0 Å². The second-order valence-corrected chi connectivity index (χ2v) is 15.6. The number of rotatable bonds is 15. The van der Waals surface area contributed by atoms with E-state index in [0.29, 0.717) is 39.3 Å². The van der Waals surface area contributed by atoms with E-state index in [2.05, 4.69) is 14.7 Å². The molecule has 3 aliphatic heterocycles. The van der Waals surface area contributed by atoms with E-state index < -0.39 is 30.4 Å². The zero-order valence-electron chi connectivity index (χ0n) is 26.3. The Morgan fingerprint density at radius 1 is 0.370 bits per heavy atom. The maximum Gasteiger partial charge on any atom is 3.00 e. The smallest absolute Gasteiger partial charge is 0.748 e. The molecule has 3 aliphatic rings. The molecule has 0 aromatic heterocycles. The van der Waals surface area contributed by atoms with Gasteiger partial charge in [-0.3, -0.25) is 29.4 Å². The molecule has 0 atom stereocenters. The minimum atomic E-state index is -4.09. The van der Waals surface area contributed by atoms with E-state index in [4.69, 9.17) is 15.3 Å². The van der Waals surface area contributed by atoms with Crippen molar-refractivity contribution < 1.29 is 104 Å². The van der Waals surface area contributed by atoms with Crippen LogP contribution in [0.3, 0.4) is 0 Å². The van der Waals surface area contributed by atoms with E-state index in [9.17, 15) is 38.9 Å². The summed E-state index contributed by atoms with van der Waals surface area (Å²) in [6.45, 7) is 12.8. The molecule has 0 aliphatic carbocycles. The van der Waals surface area contributed by atoms with Gasteiger partial charge >= 0.3 is 49.4 Å². The van der Waals surface area contributed by atoms with E-state index in [1.54, 1.807) is 0 Å². The van der Waals surface area contributed by atoms with Crippen molar-refractivity contribution in [3.8, 4) is 0 Å². The van der Waals surface area contributed by atoms with Gasteiger partial charge in [0, 0.05) is 118 Å². The summed E-state index contributed by atoms with van der Waals surface area (Å²) >= 11 is 0. The van der Waals surface area contributed by atoms with Crippen LogP contribution in [0.25, 0.3) is 0 Å². The first-order valence-electron chi connectivity index (χ1n) is 15.0. The fraction of sp³-hybridized carbons (Fsp3) is 1.00. The van der Waals surface area contributed by atoms with Gasteiger partial charge in [-0.25, -0.2) is 25.3 Å². The third-order valence-electron chi connectivity index (χ3n) is 7.62. The molecule has 0 aromatic carbocycles. The Morgan fingerprint density at radius 3 is 0.652 bits per heavy atom. The summed E-state index contributed by atoms with van der Waals surface area (Å²) in [6.07, 6.45) is 0. The van der Waals surface area contributed by atoms with Crippen molar-refractivity contribution in [2.75, 3.05) is 155 Å². The largest absolute Gasteiger partial charge is 3.00 e. The summed E-state index contributed by atoms with van der Waals surface area (Å²) in [5, 5.41) is 26.2. The summed E-state index contributed by atoms with van der Waals surface area (Å²) in [5.74, 6) is -0.938. The van der Waals surface area contributed by atoms with Gasteiger partial charge in [0.2, 0.25) is 0 Å². The first kappa shape index (κ1) is 47.0. The molecule has 22 heteroatoms. The van der Waals surface area contributed by atoms with Gasteiger partial charge in [-0.15, -0.1) is 0 Å². The van der Waals surface area contributed by atoms with Gasteiger partial charge in [-0.1, -0.05) is 0 Å². The fourth-order valence-corrected chi connectivity index (χ4v) is 6.30. The van der Waals surface area contributed by atoms with Crippen molar-refractivity contribution in [2.24, 2.45) is 0 Å². The summed E-state index contributed by atoms with van der Waals surface area (Å²) in [4.78, 5) is 12.2. The molecule has 0 unspecified atom stereocenters. The van der Waals surface area contributed by atoms with Crippen molar-refractivity contribution in [3.63, 3.8) is 0 Å². The van der Waals surface area contributed by atoms with E-state index in [0.717, 1.165) is 78.5 Å². The molecule has 46 heavy (non-hydrogen) atoms. The SMILES string of the molecule is O=S(=O)([O-])CCN1CCN(CCO)CC1.O=S(=O)([O-])CCN1CCN(CCO)CC1.O=S(=O)([O-])CCN1CCN(CCO)CC1.[Eu+3]. The second-order valence-electron chi connectivity index (χ2n) is 11.0. The molecule has 0 radical (unpaired) electrons. The normalized spacial score (nSPS) is 20.2. The Morgan fingerprint density at radius 2 is 0.522 bits per heavy atom. The minimum Gasteiger partial charge on any atom is -0.748 e. The molecular weight excluding hydrogens is 812 g/mol. The summed E-state index contributed by atoms with van der Waals surface area (Å²) in [5.41, 5.74) is 0. The predicted molar refractivity (Wildman–Crippen MR) is 164 cm³/mol. The Kier molecular flexibility index (Phi) is 25.5. The van der Waals surface area contributed by atoms with E-state index in [-0.39, 0.29) is 86.5 Å². The quantitative estimate of drug-likeness (QED) is 0.130. The molecule has 3 N–H and O–H groups in total. The molecule has 3 saturated heterocycles. The third kappa shape index (κ3) is 25.9. The van der Waals surface area contributed by atoms with Crippen LogP contribution in [0.5, 0.6) is 0 Å². The second kappa shape index (κ2) is 25.0. The van der Waals surface area contributed by atoms with Crippen LogP contribution >= 0.6 is 0 Å². The minimum absolute atomic E-state index is 0. The van der Waals surface area contributed by atoms with Gasteiger partial charge in [0.15, 0.2) is 0 Å². The van der Waals surface area contributed by atoms with E-state index >= 15 is 0 Å². The molecule has 0 spiro atoms. The summed E-state index contributed by atoms with van der Waals surface area (Å²) in [7, 11) is -12.3. The van der Waals surface area contributed by atoms with E-state index in [1.165, 1.54) is 0 Å². The van der Waals surface area contributed by atoms with Crippen LogP contribution in [0.2, 0.25) is 0 Å². The van der Waals surface area contributed by atoms with Crippen molar-refractivity contribution in [2.45, 2.75) is 0 Å². The standard InChI is InChI=1S/3C8H18N2O4S.Eu/c3*11-7-5-9-1-3-10(4-2-9)6-8-15(12,13)14;/h3*11H,1-8H2,(H,12,13,14);/q;;;+3/p-3. The maximum absolute atomic E-state index is 10.4. The van der Waals surface area contributed by atoms with Gasteiger partial charge in [-0.05, 0) is 0 Å². The maximum atomic E-state index is 10.4. The topological polar surface area (TPSA) is 252 Å². The number of aliphatic hydroxyl groups is 3. The number of β-amino-alcohol motifs (C(OH)–C–C–N with tert-alkyl or cyclic N) is 3. The van der Waals surface area contributed by atoms with Gasteiger partial charge in [0.25, 0.3) is 0 Å². The first-order valence-corrected chi connectivity index (χ1v) is 19.7. The Hall–Kier alpha value is 0.954. The van der Waals surface area contributed by atoms with Gasteiger partial charge in [-0.2, -0.15) is 0 Å². The molecule has 3 rings (SSSR count). The summed E-state index contributed by atoms with van der Waals surface area (Å²) < 4.78 is 93.7. The Bertz CT molecular complexity index is 962. The zero-order valence-corrected chi connectivity index (χ0v) is 31.1. The summed E-state index contributed by atoms with van der Waals surface area (Å²) in [6, 6.07) is 0. The monoisotopic (exact) mass is 864 g/mol. The van der Waals surface area contributed by atoms with Crippen LogP contribution in [0.1, 0.15) is 0 Å². The molecule has 0 saturated carbocycles. The third-order valence-corrected chi connectivity index (χ3v) is 9.66. The molecule has 18 nitrogen and oxygen atoms in total. The number of hydrogen-bond donors (Lipinski definition) is 3. The predicted octanol–water partition coefficient (Wildman–Crippen LogP) is -5.58. The molecule has 0 bridgehead atoms. The molecule has 0 aromatic rings.